The molecule has 1 aliphatic rings. The molecule has 5 rings (SSSR count). The summed E-state index contributed by atoms with van der Waals surface area (Å²) < 4.78 is 33.7. The smallest absolute Gasteiger partial charge is 0.238 e. The fourth-order valence-electron chi connectivity index (χ4n) is 5.35. The quantitative estimate of drug-likeness (QED) is 0.239. The summed E-state index contributed by atoms with van der Waals surface area (Å²) in [6.07, 6.45) is 6.96. The van der Waals surface area contributed by atoms with Crippen LogP contribution in [0.4, 0.5) is 11.8 Å². The third-order valence-corrected chi connectivity index (χ3v) is 9.24. The van der Waals surface area contributed by atoms with Crippen LogP contribution in [0.15, 0.2) is 48.7 Å². The molecule has 1 saturated carbocycles. The molecule has 0 amide bonds. The molecule has 4 aromatic rings. The first-order valence-corrected chi connectivity index (χ1v) is 16.1. The Hall–Kier alpha value is -3.54. The van der Waals surface area contributed by atoms with Crippen LogP contribution >= 0.6 is 11.6 Å². The van der Waals surface area contributed by atoms with Crippen LogP contribution in [-0.2, 0) is 22.2 Å². The number of benzene rings is 1. The Labute approximate surface area is 252 Å². The van der Waals surface area contributed by atoms with Gasteiger partial charge < -0.3 is 15.0 Å². The number of sulfonamides is 1. The van der Waals surface area contributed by atoms with E-state index < -0.39 is 10.0 Å². The first-order valence-electron chi connectivity index (χ1n) is 14.0. The number of rotatable bonds is 10. The summed E-state index contributed by atoms with van der Waals surface area (Å²) in [4.78, 5) is 21.0. The molecule has 1 aliphatic carbocycles. The van der Waals surface area contributed by atoms with Crippen LogP contribution in [0.25, 0.3) is 22.3 Å². The van der Waals surface area contributed by atoms with Gasteiger partial charge in [-0.2, -0.15) is 4.98 Å². The number of hydrogen-bond donors (Lipinski definition) is 2. The predicted molar refractivity (Wildman–Crippen MR) is 168 cm³/mol. The number of anilines is 2. The maximum Gasteiger partial charge on any atom is 0.238 e. The van der Waals surface area contributed by atoms with Gasteiger partial charge in [0, 0.05) is 17.1 Å². The molecule has 0 saturated heterocycles. The van der Waals surface area contributed by atoms with Crippen molar-refractivity contribution in [2.45, 2.75) is 56.9 Å². The Morgan fingerprint density at radius 1 is 1.02 bits per heavy atom. The van der Waals surface area contributed by atoms with Gasteiger partial charge in [0.1, 0.15) is 11.3 Å². The van der Waals surface area contributed by atoms with Crippen molar-refractivity contribution in [1.82, 2.24) is 24.8 Å². The number of aromatic nitrogens is 4. The third kappa shape index (κ3) is 6.91. The molecule has 0 radical (unpaired) electrons. The standard InChI is InChI=1S/C30H36ClN7O3S/c1-5-19-16-25(34-26-17-32-30(36-28(19)26)33-21-10-12-22(13-11-21)38(2)3)23-14-15-27(35-29(23)41-4)37-42(39,40)18-20-8-6-7-9-24(20)31/h6-9,14-17,21-22H,5,10-13,18H2,1-4H3,(H,35,37)(H,32,33,36)/t21-,22-. The molecule has 1 fully saturated rings. The highest BCUT2D eigenvalue weighted by Crippen LogP contribution is 2.32. The average Bonchev–Trinajstić information content (AvgIpc) is 2.97. The van der Waals surface area contributed by atoms with Crippen LogP contribution in [0.1, 0.15) is 43.7 Å². The lowest BCUT2D eigenvalue weighted by molar-refractivity contribution is 0.221. The van der Waals surface area contributed by atoms with Crippen molar-refractivity contribution in [2.24, 2.45) is 0 Å². The number of halogens is 1. The summed E-state index contributed by atoms with van der Waals surface area (Å²) in [7, 11) is 2.01. The fourth-order valence-corrected chi connectivity index (χ4v) is 6.80. The normalized spacial score (nSPS) is 17.4. The summed E-state index contributed by atoms with van der Waals surface area (Å²) in [6.45, 7) is 2.07. The van der Waals surface area contributed by atoms with Gasteiger partial charge in [0.25, 0.3) is 0 Å². The molecule has 12 heteroatoms. The molecular weight excluding hydrogens is 574 g/mol. The molecule has 222 valence electrons. The minimum absolute atomic E-state index is 0.137. The van der Waals surface area contributed by atoms with Crippen LogP contribution in [0.3, 0.4) is 0 Å². The van der Waals surface area contributed by atoms with E-state index in [1.54, 1.807) is 42.6 Å². The number of aryl methyl sites for hydroxylation is 1. The molecule has 2 N–H and O–H groups in total. The van der Waals surface area contributed by atoms with Crippen molar-refractivity contribution in [3.8, 4) is 17.1 Å². The molecule has 0 spiro atoms. The van der Waals surface area contributed by atoms with Crippen molar-refractivity contribution in [3.05, 3.63) is 64.8 Å². The number of hydrogen-bond acceptors (Lipinski definition) is 9. The maximum absolute atomic E-state index is 12.8. The summed E-state index contributed by atoms with van der Waals surface area (Å²) in [5, 5.41) is 3.92. The van der Waals surface area contributed by atoms with Crippen molar-refractivity contribution < 1.29 is 13.2 Å². The molecule has 3 heterocycles. The highest BCUT2D eigenvalue weighted by molar-refractivity contribution is 7.91. The molecular formula is C30H36ClN7O3S. The summed E-state index contributed by atoms with van der Waals surface area (Å²) >= 11 is 6.15. The minimum Gasteiger partial charge on any atom is -0.480 e. The molecule has 1 aromatic carbocycles. The Morgan fingerprint density at radius 3 is 2.48 bits per heavy atom. The van der Waals surface area contributed by atoms with E-state index in [1.807, 2.05) is 6.07 Å². The molecule has 0 atom stereocenters. The maximum atomic E-state index is 12.8. The van der Waals surface area contributed by atoms with E-state index in [4.69, 9.17) is 26.3 Å². The zero-order valence-electron chi connectivity index (χ0n) is 24.3. The number of methoxy groups -OCH3 is 1. The SMILES string of the molecule is CCc1cc(-c2ccc(NS(=O)(=O)Cc3ccccc3Cl)nc2OC)nc2cnc(N[C@H]3CC[C@H](N(C)C)CC3)nc12. The van der Waals surface area contributed by atoms with Gasteiger partial charge in [0.15, 0.2) is 0 Å². The third-order valence-electron chi connectivity index (χ3n) is 7.66. The highest BCUT2D eigenvalue weighted by atomic mass is 35.5. The van der Waals surface area contributed by atoms with Gasteiger partial charge in [-0.05, 0) is 81.6 Å². The lowest BCUT2D eigenvalue weighted by Gasteiger charge is -2.32. The zero-order valence-corrected chi connectivity index (χ0v) is 25.8. The lowest BCUT2D eigenvalue weighted by atomic mass is 9.91. The summed E-state index contributed by atoms with van der Waals surface area (Å²) in [5.41, 5.74) is 4.25. The second-order valence-electron chi connectivity index (χ2n) is 10.8. The van der Waals surface area contributed by atoms with Crippen LogP contribution in [0, 0.1) is 0 Å². The Balaban J connectivity index is 1.37. The van der Waals surface area contributed by atoms with Crippen molar-refractivity contribution in [2.75, 3.05) is 31.2 Å². The first-order chi connectivity index (χ1) is 20.2. The van der Waals surface area contributed by atoms with E-state index in [1.165, 1.54) is 7.11 Å². The van der Waals surface area contributed by atoms with E-state index in [-0.39, 0.29) is 17.5 Å². The molecule has 42 heavy (non-hydrogen) atoms. The summed E-state index contributed by atoms with van der Waals surface area (Å²) in [5.74, 6) is 0.721. The lowest BCUT2D eigenvalue weighted by Crippen LogP contribution is -2.36. The predicted octanol–water partition coefficient (Wildman–Crippen LogP) is 5.54. The van der Waals surface area contributed by atoms with Gasteiger partial charge in [-0.15, -0.1) is 0 Å². The largest absolute Gasteiger partial charge is 0.480 e. The topological polar surface area (TPSA) is 122 Å². The van der Waals surface area contributed by atoms with Crippen LogP contribution in [0.5, 0.6) is 5.88 Å². The van der Waals surface area contributed by atoms with Gasteiger partial charge in [-0.1, -0.05) is 36.7 Å². The first kappa shape index (κ1) is 29.9. The number of nitrogens with zero attached hydrogens (tertiary/aromatic N) is 5. The van der Waals surface area contributed by atoms with E-state index in [0.29, 0.717) is 45.4 Å². The van der Waals surface area contributed by atoms with Gasteiger partial charge in [-0.3, -0.25) is 4.72 Å². The highest BCUT2D eigenvalue weighted by Gasteiger charge is 2.23. The molecule has 0 unspecified atom stereocenters. The van der Waals surface area contributed by atoms with Gasteiger partial charge >= 0.3 is 0 Å². The average molecular weight is 610 g/mol. The van der Waals surface area contributed by atoms with Gasteiger partial charge in [0.2, 0.25) is 21.9 Å². The number of ether oxygens (including phenoxy) is 1. The van der Waals surface area contributed by atoms with E-state index in [2.05, 4.69) is 45.9 Å². The monoisotopic (exact) mass is 609 g/mol. The number of fused-ring (bicyclic) bond motifs is 1. The molecule has 0 aliphatic heterocycles. The molecule has 0 bridgehead atoms. The number of nitrogens with one attached hydrogen (secondary N) is 2. The van der Waals surface area contributed by atoms with Crippen molar-refractivity contribution >= 4 is 44.4 Å². The van der Waals surface area contributed by atoms with Crippen molar-refractivity contribution in [1.29, 1.82) is 0 Å². The van der Waals surface area contributed by atoms with Gasteiger partial charge in [0.05, 0.1) is 35.8 Å². The summed E-state index contributed by atoms with van der Waals surface area (Å²) in [6, 6.07) is 13.1. The van der Waals surface area contributed by atoms with Crippen molar-refractivity contribution in [3.63, 3.8) is 0 Å². The van der Waals surface area contributed by atoms with Crippen LogP contribution in [-0.4, -0.2) is 66.5 Å². The molecule has 10 nitrogen and oxygen atoms in total. The fraction of sp³-hybridized carbons (Fsp3) is 0.400. The van der Waals surface area contributed by atoms with Crippen LogP contribution in [0.2, 0.25) is 5.02 Å². The number of pyridine rings is 2. The minimum atomic E-state index is -3.77. The second-order valence-corrected chi connectivity index (χ2v) is 12.9. The molecule has 3 aromatic heterocycles. The van der Waals surface area contributed by atoms with Crippen LogP contribution < -0.4 is 14.8 Å². The van der Waals surface area contributed by atoms with E-state index in [0.717, 1.165) is 43.2 Å². The van der Waals surface area contributed by atoms with E-state index in [9.17, 15) is 8.42 Å². The second kappa shape index (κ2) is 12.8. The zero-order chi connectivity index (χ0) is 29.9. The Bertz CT molecular complexity index is 1680. The Morgan fingerprint density at radius 2 is 1.79 bits per heavy atom. The van der Waals surface area contributed by atoms with Gasteiger partial charge in [-0.25, -0.2) is 23.4 Å². The Kier molecular flexibility index (Phi) is 9.10. The van der Waals surface area contributed by atoms with E-state index >= 15 is 0 Å².